The first kappa shape index (κ1) is 19.6. The number of allylic oxidation sites excluding steroid dienone is 1. The quantitative estimate of drug-likeness (QED) is 0.566. The average molecular weight is 399 g/mol. The Morgan fingerprint density at radius 2 is 1.79 bits per heavy atom. The van der Waals surface area contributed by atoms with Crippen molar-refractivity contribution in [3.8, 4) is 6.07 Å². The van der Waals surface area contributed by atoms with E-state index < -0.39 is 17.6 Å². The lowest BCUT2D eigenvalue weighted by atomic mass is 10.1. The Morgan fingerprint density at radius 3 is 2.38 bits per heavy atom. The van der Waals surface area contributed by atoms with Crippen molar-refractivity contribution in [2.24, 2.45) is 0 Å². The third-order valence-electron chi connectivity index (χ3n) is 3.73. The molecule has 0 saturated carbocycles. The Labute approximate surface area is 162 Å². The zero-order valence-corrected chi connectivity index (χ0v) is 14.5. The highest BCUT2D eigenvalue weighted by Crippen LogP contribution is 2.29. The van der Waals surface area contributed by atoms with E-state index in [2.05, 4.69) is 31.3 Å². The average Bonchev–Trinajstić information content (AvgIpc) is 3.24. The number of aromatic nitrogens is 4. The minimum Gasteiger partial charge on any atom is -0.359 e. The van der Waals surface area contributed by atoms with Gasteiger partial charge in [-0.2, -0.15) is 23.6 Å². The number of hydrogen-bond donors (Lipinski definition) is 3. The second-order valence-electron chi connectivity index (χ2n) is 5.62. The van der Waals surface area contributed by atoms with Crippen LogP contribution in [0.25, 0.3) is 5.57 Å². The van der Waals surface area contributed by atoms with Gasteiger partial charge in [0.05, 0.1) is 16.9 Å². The molecule has 0 aliphatic carbocycles. The summed E-state index contributed by atoms with van der Waals surface area (Å²) in [7, 11) is 0. The number of hydrogen-bond acceptors (Lipinski definition) is 6. The van der Waals surface area contributed by atoms with Gasteiger partial charge in [0.2, 0.25) is 5.82 Å². The van der Waals surface area contributed by atoms with Crippen LogP contribution in [0.4, 0.5) is 24.5 Å². The molecule has 0 radical (unpaired) electrons. The number of tetrazole rings is 1. The normalized spacial score (nSPS) is 11.6. The molecule has 3 N–H and O–H groups in total. The molecule has 8 nitrogen and oxygen atoms in total. The fourth-order valence-corrected chi connectivity index (χ4v) is 2.30. The van der Waals surface area contributed by atoms with Gasteiger partial charge in [0.1, 0.15) is 11.6 Å². The number of benzene rings is 2. The van der Waals surface area contributed by atoms with E-state index in [-0.39, 0.29) is 17.0 Å². The van der Waals surface area contributed by atoms with Gasteiger partial charge in [-0.15, -0.1) is 10.2 Å². The Balaban J connectivity index is 1.77. The Hall–Kier alpha value is -4.20. The van der Waals surface area contributed by atoms with Gasteiger partial charge in [-0.25, -0.2) is 0 Å². The number of H-pyrrole nitrogens is 1. The molecule has 0 fully saturated rings. The number of alkyl halides is 3. The summed E-state index contributed by atoms with van der Waals surface area (Å²) in [5, 5.41) is 27.7. The lowest BCUT2D eigenvalue weighted by molar-refractivity contribution is -0.137. The molecule has 1 amide bonds. The van der Waals surface area contributed by atoms with Gasteiger partial charge in [-0.05, 0) is 41.6 Å². The van der Waals surface area contributed by atoms with Gasteiger partial charge in [0, 0.05) is 11.8 Å². The fourth-order valence-electron chi connectivity index (χ4n) is 2.30. The zero-order valence-electron chi connectivity index (χ0n) is 14.5. The number of carbonyl (C=O) groups is 1. The number of anilines is 2. The number of halogens is 3. The highest BCUT2D eigenvalue weighted by atomic mass is 19.4. The predicted octanol–water partition coefficient (Wildman–Crippen LogP) is 3.45. The van der Waals surface area contributed by atoms with Crippen LogP contribution in [0.1, 0.15) is 21.7 Å². The van der Waals surface area contributed by atoms with Crippen LogP contribution in [-0.4, -0.2) is 26.5 Å². The van der Waals surface area contributed by atoms with Gasteiger partial charge in [-0.1, -0.05) is 12.1 Å². The zero-order chi connectivity index (χ0) is 20.9. The topological polar surface area (TPSA) is 119 Å². The van der Waals surface area contributed by atoms with Crippen LogP contribution < -0.4 is 10.6 Å². The molecule has 146 valence electrons. The largest absolute Gasteiger partial charge is 0.416 e. The van der Waals surface area contributed by atoms with Crippen molar-refractivity contribution >= 4 is 22.9 Å². The summed E-state index contributed by atoms with van der Waals surface area (Å²) in [6.07, 6.45) is -3.14. The van der Waals surface area contributed by atoms with E-state index in [9.17, 15) is 23.2 Å². The summed E-state index contributed by atoms with van der Waals surface area (Å²) < 4.78 is 37.9. The van der Waals surface area contributed by atoms with Crippen molar-refractivity contribution in [3.05, 3.63) is 71.7 Å². The van der Waals surface area contributed by atoms with Crippen LogP contribution >= 0.6 is 0 Å². The maximum absolute atomic E-state index is 12.6. The van der Waals surface area contributed by atoms with E-state index in [1.807, 2.05) is 6.07 Å². The molecule has 0 bridgehead atoms. The predicted molar refractivity (Wildman–Crippen MR) is 97.2 cm³/mol. The minimum atomic E-state index is -4.48. The van der Waals surface area contributed by atoms with Gasteiger partial charge in [-0.3, -0.25) is 4.79 Å². The van der Waals surface area contributed by atoms with E-state index in [4.69, 9.17) is 0 Å². The number of nitriles is 1. The molecule has 0 aliphatic heterocycles. The van der Waals surface area contributed by atoms with Crippen molar-refractivity contribution in [2.75, 3.05) is 10.6 Å². The monoisotopic (exact) mass is 399 g/mol. The molecule has 0 aliphatic rings. The van der Waals surface area contributed by atoms with Gasteiger partial charge >= 0.3 is 6.18 Å². The van der Waals surface area contributed by atoms with Crippen molar-refractivity contribution in [2.45, 2.75) is 6.18 Å². The number of amides is 1. The number of aromatic amines is 1. The molecule has 1 heterocycles. The maximum Gasteiger partial charge on any atom is 0.416 e. The van der Waals surface area contributed by atoms with Crippen molar-refractivity contribution in [1.82, 2.24) is 20.6 Å². The molecule has 0 spiro atoms. The maximum atomic E-state index is 12.6. The van der Waals surface area contributed by atoms with Gasteiger partial charge in [0.15, 0.2) is 0 Å². The third-order valence-corrected chi connectivity index (χ3v) is 3.73. The summed E-state index contributed by atoms with van der Waals surface area (Å²) in [5.74, 6) is -0.498. The lowest BCUT2D eigenvalue weighted by Gasteiger charge is -2.12. The standard InChI is InChI=1S/C18H12F3N7O/c19-18(20,21)13-7-5-11(6-8-13)17(29)24-15-4-2-1-3-14(15)23-10-12(9-22)16-25-27-28-26-16/h1-8,10,23H,(H,24,29)(H,25,26,27,28). The lowest BCUT2D eigenvalue weighted by Crippen LogP contribution is -2.14. The smallest absolute Gasteiger partial charge is 0.359 e. The first-order valence-electron chi connectivity index (χ1n) is 8.07. The number of para-hydroxylation sites is 2. The molecule has 1 aromatic heterocycles. The summed E-state index contributed by atoms with van der Waals surface area (Å²) in [6.45, 7) is 0. The molecule has 3 aromatic rings. The number of nitrogens with zero attached hydrogens (tertiary/aromatic N) is 4. The van der Waals surface area contributed by atoms with Crippen LogP contribution in [0.3, 0.4) is 0 Å². The van der Waals surface area contributed by atoms with Crippen molar-refractivity contribution in [3.63, 3.8) is 0 Å². The van der Waals surface area contributed by atoms with Crippen LogP contribution in [0, 0.1) is 11.3 Å². The molecular formula is C18H12F3N7O. The highest BCUT2D eigenvalue weighted by Gasteiger charge is 2.30. The first-order chi connectivity index (χ1) is 13.9. The summed E-state index contributed by atoms with van der Waals surface area (Å²) in [5.41, 5.74) is 0.130. The highest BCUT2D eigenvalue weighted by molar-refractivity contribution is 6.06. The summed E-state index contributed by atoms with van der Waals surface area (Å²) in [6, 6.07) is 12.4. The van der Waals surface area contributed by atoms with Crippen LogP contribution in [0.5, 0.6) is 0 Å². The molecule has 0 saturated heterocycles. The van der Waals surface area contributed by atoms with Crippen LogP contribution in [0.2, 0.25) is 0 Å². The van der Waals surface area contributed by atoms with Crippen molar-refractivity contribution in [1.29, 1.82) is 5.26 Å². The van der Waals surface area contributed by atoms with Crippen LogP contribution in [-0.2, 0) is 6.18 Å². The van der Waals surface area contributed by atoms with E-state index in [0.717, 1.165) is 24.3 Å². The number of rotatable bonds is 5. The van der Waals surface area contributed by atoms with Crippen LogP contribution in [0.15, 0.2) is 54.7 Å². The number of nitrogens with one attached hydrogen (secondary N) is 3. The first-order valence-corrected chi connectivity index (χ1v) is 8.07. The minimum absolute atomic E-state index is 0.0628. The summed E-state index contributed by atoms with van der Waals surface area (Å²) >= 11 is 0. The molecule has 11 heteroatoms. The van der Waals surface area contributed by atoms with E-state index in [1.165, 1.54) is 6.20 Å². The molecular weight excluding hydrogens is 387 g/mol. The Morgan fingerprint density at radius 1 is 1.10 bits per heavy atom. The van der Waals surface area contributed by atoms with E-state index >= 15 is 0 Å². The van der Waals surface area contributed by atoms with Crippen molar-refractivity contribution < 1.29 is 18.0 Å². The Bertz CT molecular complexity index is 1070. The van der Waals surface area contributed by atoms with Gasteiger partial charge in [0.25, 0.3) is 5.91 Å². The molecule has 3 rings (SSSR count). The SMILES string of the molecule is N#CC(=CNc1ccccc1NC(=O)c1ccc(C(F)(F)F)cc1)c1nn[nH]n1. The third kappa shape index (κ3) is 4.75. The molecule has 0 unspecified atom stereocenters. The summed E-state index contributed by atoms with van der Waals surface area (Å²) in [4.78, 5) is 12.4. The fraction of sp³-hybridized carbons (Fsp3) is 0.0556. The Kier molecular flexibility index (Phi) is 5.54. The second-order valence-corrected chi connectivity index (χ2v) is 5.62. The van der Waals surface area contributed by atoms with Gasteiger partial charge < -0.3 is 10.6 Å². The molecule has 2 aromatic carbocycles. The molecule has 0 atom stereocenters. The second kappa shape index (κ2) is 8.22. The van der Waals surface area contributed by atoms with E-state index in [0.29, 0.717) is 11.4 Å². The van der Waals surface area contributed by atoms with E-state index in [1.54, 1.807) is 24.3 Å². The number of carbonyl (C=O) groups excluding carboxylic acids is 1. The molecule has 29 heavy (non-hydrogen) atoms.